The molecule has 1 heterocycles. The summed E-state index contributed by atoms with van der Waals surface area (Å²) in [5.41, 5.74) is 8.06. The highest BCUT2D eigenvalue weighted by molar-refractivity contribution is 9.10. The second kappa shape index (κ2) is 9.54. The molecule has 1 amide bonds. The normalized spacial score (nSPS) is 11.0. The highest BCUT2D eigenvalue weighted by atomic mass is 79.9. The molecule has 154 valence electrons. The summed E-state index contributed by atoms with van der Waals surface area (Å²) in [6.07, 6.45) is 1.89. The van der Waals surface area contributed by atoms with Gasteiger partial charge in [0.2, 0.25) is 5.91 Å². The van der Waals surface area contributed by atoms with Gasteiger partial charge < -0.3 is 9.67 Å². The summed E-state index contributed by atoms with van der Waals surface area (Å²) >= 11 is 3.37. The van der Waals surface area contributed by atoms with Crippen LogP contribution in [0.25, 0.3) is 5.69 Å². The predicted octanol–water partition coefficient (Wildman–Crippen LogP) is 4.18. The highest BCUT2D eigenvalue weighted by Gasteiger charge is 2.10. The summed E-state index contributed by atoms with van der Waals surface area (Å²) < 4.78 is 3.03. The number of benzene rings is 2. The van der Waals surface area contributed by atoms with Gasteiger partial charge in [0.05, 0.1) is 19.1 Å². The Balaban J connectivity index is 1.68. The molecule has 2 aromatic carbocycles. The van der Waals surface area contributed by atoms with Crippen molar-refractivity contribution in [1.82, 2.24) is 9.99 Å². The van der Waals surface area contributed by atoms with Gasteiger partial charge in [-0.05, 0) is 55.3 Å². The van der Waals surface area contributed by atoms with Crippen molar-refractivity contribution in [2.24, 2.45) is 5.10 Å². The highest BCUT2D eigenvalue weighted by Crippen LogP contribution is 2.20. The van der Waals surface area contributed by atoms with E-state index in [4.69, 9.17) is 5.11 Å². The fourth-order valence-corrected chi connectivity index (χ4v) is 3.52. The minimum atomic E-state index is -0.850. The lowest BCUT2D eigenvalue weighted by Gasteiger charge is -2.10. The Morgan fingerprint density at radius 2 is 1.63 bits per heavy atom. The number of halogens is 1. The molecule has 0 aliphatic carbocycles. The van der Waals surface area contributed by atoms with Gasteiger partial charge in [-0.25, -0.2) is 5.43 Å². The van der Waals surface area contributed by atoms with Crippen LogP contribution in [0.2, 0.25) is 0 Å². The number of hydrazone groups is 1. The average molecular weight is 468 g/mol. The Morgan fingerprint density at radius 3 is 2.27 bits per heavy atom. The van der Waals surface area contributed by atoms with Gasteiger partial charge in [0.15, 0.2) is 0 Å². The van der Waals surface area contributed by atoms with Crippen LogP contribution < -0.4 is 5.43 Å². The van der Waals surface area contributed by atoms with Crippen LogP contribution in [0.15, 0.2) is 64.2 Å². The molecule has 3 aromatic rings. The number of aromatic nitrogens is 1. The molecule has 1 aromatic heterocycles. The summed E-state index contributed by atoms with van der Waals surface area (Å²) in [7, 11) is 0. The third-order valence-electron chi connectivity index (χ3n) is 4.69. The van der Waals surface area contributed by atoms with Crippen molar-refractivity contribution >= 4 is 34.0 Å². The molecule has 0 radical (unpaired) electrons. The third-order valence-corrected chi connectivity index (χ3v) is 5.22. The number of carbonyl (C=O) groups is 2. The Labute approximate surface area is 183 Å². The molecule has 0 bridgehead atoms. The van der Waals surface area contributed by atoms with E-state index in [9.17, 15) is 9.59 Å². The number of rotatable bonds is 7. The van der Waals surface area contributed by atoms with Crippen LogP contribution in [0.1, 0.15) is 28.1 Å². The maximum Gasteiger partial charge on any atom is 0.307 e. The Kier molecular flexibility index (Phi) is 6.84. The fraction of sp³-hybridized carbons (Fsp3) is 0.174. The van der Waals surface area contributed by atoms with Gasteiger partial charge in [-0.15, -0.1) is 0 Å². The van der Waals surface area contributed by atoms with Crippen molar-refractivity contribution in [2.45, 2.75) is 26.7 Å². The molecule has 30 heavy (non-hydrogen) atoms. The van der Waals surface area contributed by atoms with Gasteiger partial charge in [0.1, 0.15) is 0 Å². The molecular formula is C23H22BrN3O3. The van der Waals surface area contributed by atoms with E-state index in [0.29, 0.717) is 0 Å². The number of aryl methyl sites for hydroxylation is 1. The quantitative estimate of drug-likeness (QED) is 0.403. The minimum absolute atomic E-state index is 0.00177. The number of nitrogens with one attached hydrogen (secondary N) is 1. The Morgan fingerprint density at radius 1 is 1.03 bits per heavy atom. The molecule has 0 aliphatic rings. The van der Waals surface area contributed by atoms with E-state index in [1.54, 1.807) is 6.21 Å². The minimum Gasteiger partial charge on any atom is -0.481 e. The maximum atomic E-state index is 12.1. The van der Waals surface area contributed by atoms with E-state index in [1.807, 2.05) is 68.4 Å². The number of carboxylic acids is 1. The van der Waals surface area contributed by atoms with E-state index >= 15 is 0 Å². The predicted molar refractivity (Wildman–Crippen MR) is 120 cm³/mol. The average Bonchev–Trinajstić information content (AvgIpc) is 2.97. The number of hydrogen-bond acceptors (Lipinski definition) is 3. The monoisotopic (exact) mass is 467 g/mol. The first-order valence-electron chi connectivity index (χ1n) is 9.40. The molecule has 6 nitrogen and oxygen atoms in total. The van der Waals surface area contributed by atoms with Crippen LogP contribution >= 0.6 is 15.9 Å². The lowest BCUT2D eigenvalue weighted by Crippen LogP contribution is -2.19. The zero-order chi connectivity index (χ0) is 21.7. The van der Waals surface area contributed by atoms with Crippen molar-refractivity contribution in [3.63, 3.8) is 0 Å². The molecule has 0 saturated carbocycles. The zero-order valence-electron chi connectivity index (χ0n) is 16.7. The van der Waals surface area contributed by atoms with Crippen LogP contribution in [0.3, 0.4) is 0 Å². The van der Waals surface area contributed by atoms with Gasteiger partial charge in [-0.2, -0.15) is 5.10 Å². The fourth-order valence-electron chi connectivity index (χ4n) is 3.25. The van der Waals surface area contributed by atoms with E-state index in [1.165, 1.54) is 0 Å². The Bertz CT molecular complexity index is 1080. The maximum absolute atomic E-state index is 12.1. The van der Waals surface area contributed by atoms with Crippen molar-refractivity contribution in [1.29, 1.82) is 0 Å². The first-order chi connectivity index (χ1) is 14.3. The van der Waals surface area contributed by atoms with Gasteiger partial charge in [0, 0.05) is 27.1 Å². The lowest BCUT2D eigenvalue weighted by molar-refractivity contribution is -0.136. The summed E-state index contributed by atoms with van der Waals surface area (Å²) in [5, 5.41) is 13.0. The number of carboxylic acid groups (broad SMARTS) is 1. The van der Waals surface area contributed by atoms with Crippen molar-refractivity contribution in [3.05, 3.63) is 87.1 Å². The van der Waals surface area contributed by atoms with Crippen LogP contribution in [0, 0.1) is 13.8 Å². The van der Waals surface area contributed by atoms with Gasteiger partial charge in [-0.1, -0.05) is 40.2 Å². The molecule has 0 unspecified atom stereocenters. The lowest BCUT2D eigenvalue weighted by atomic mass is 10.1. The SMILES string of the molecule is Cc1cc(/C=N\NC(=O)Cc2ccc(Br)cc2)c(C)n1-c1ccc(CC(=O)O)cc1. The molecule has 0 aliphatic heterocycles. The first kappa shape index (κ1) is 21.5. The number of nitrogens with zero attached hydrogens (tertiary/aromatic N) is 2. The smallest absolute Gasteiger partial charge is 0.307 e. The second-order valence-corrected chi connectivity index (χ2v) is 7.91. The standard InChI is InChI=1S/C23H22BrN3O3/c1-15-11-19(14-25-26-22(28)12-17-3-7-20(24)8-4-17)16(2)27(15)21-9-5-18(6-10-21)13-23(29)30/h3-11,14H,12-13H2,1-2H3,(H,26,28)(H,29,30)/b25-14-. The summed E-state index contributed by atoms with van der Waals surface area (Å²) in [5.74, 6) is -1.03. The van der Waals surface area contributed by atoms with Crippen molar-refractivity contribution < 1.29 is 14.7 Å². The van der Waals surface area contributed by atoms with Gasteiger partial charge in [-0.3, -0.25) is 9.59 Å². The summed E-state index contributed by atoms with van der Waals surface area (Å²) in [6, 6.07) is 17.0. The summed E-state index contributed by atoms with van der Waals surface area (Å²) in [4.78, 5) is 22.9. The van der Waals surface area contributed by atoms with Crippen LogP contribution in [0.4, 0.5) is 0 Å². The molecular weight excluding hydrogens is 446 g/mol. The number of carbonyl (C=O) groups excluding carboxylic acids is 1. The third kappa shape index (κ3) is 5.45. The van der Waals surface area contributed by atoms with Crippen LogP contribution in [-0.4, -0.2) is 27.8 Å². The van der Waals surface area contributed by atoms with E-state index in [0.717, 1.165) is 38.2 Å². The molecule has 7 heteroatoms. The van der Waals surface area contributed by atoms with Gasteiger partial charge in [0.25, 0.3) is 0 Å². The number of hydrogen-bond donors (Lipinski definition) is 2. The van der Waals surface area contributed by atoms with E-state index in [2.05, 4.69) is 31.0 Å². The van der Waals surface area contributed by atoms with Crippen LogP contribution in [0.5, 0.6) is 0 Å². The Hall–Kier alpha value is -3.19. The topological polar surface area (TPSA) is 83.7 Å². The summed E-state index contributed by atoms with van der Waals surface area (Å²) in [6.45, 7) is 3.96. The molecule has 0 fully saturated rings. The number of aliphatic carboxylic acids is 1. The molecule has 0 spiro atoms. The molecule has 2 N–H and O–H groups in total. The molecule has 0 atom stereocenters. The molecule has 3 rings (SSSR count). The molecule has 0 saturated heterocycles. The number of amides is 1. The largest absolute Gasteiger partial charge is 0.481 e. The zero-order valence-corrected chi connectivity index (χ0v) is 18.3. The van der Waals surface area contributed by atoms with Crippen molar-refractivity contribution in [2.75, 3.05) is 0 Å². The van der Waals surface area contributed by atoms with E-state index < -0.39 is 5.97 Å². The van der Waals surface area contributed by atoms with E-state index in [-0.39, 0.29) is 18.7 Å². The second-order valence-electron chi connectivity index (χ2n) is 7.00. The van der Waals surface area contributed by atoms with Crippen molar-refractivity contribution in [3.8, 4) is 5.69 Å². The van der Waals surface area contributed by atoms with Crippen LogP contribution in [-0.2, 0) is 22.4 Å². The first-order valence-corrected chi connectivity index (χ1v) is 10.2. The van der Waals surface area contributed by atoms with Gasteiger partial charge >= 0.3 is 5.97 Å².